The average Bonchev–Trinajstić information content (AvgIpc) is 3.76. The Morgan fingerprint density at radius 1 is 0.316 bits per heavy atom. The summed E-state index contributed by atoms with van der Waals surface area (Å²) in [5.74, 6) is -0.376. The monoisotopic (exact) mass is 1130 g/mol. The lowest BCUT2D eigenvalue weighted by atomic mass is 10.0. The van der Waals surface area contributed by atoms with Gasteiger partial charge in [0.15, 0.2) is 0 Å². The molecule has 79 heavy (non-hydrogen) atoms. The third-order valence-electron chi connectivity index (χ3n) is 12.9. The first-order valence-corrected chi connectivity index (χ1v) is 30.6. The van der Waals surface area contributed by atoms with Gasteiger partial charge in [-0.2, -0.15) is 0 Å². The predicted molar refractivity (Wildman–Crippen MR) is 304 cm³/mol. The fourth-order valence-corrected chi connectivity index (χ4v) is 8.24. The van der Waals surface area contributed by atoms with Crippen molar-refractivity contribution in [2.24, 2.45) is 0 Å². The number of ketones is 2. The van der Waals surface area contributed by atoms with Crippen LogP contribution in [0.3, 0.4) is 0 Å². The van der Waals surface area contributed by atoms with Crippen molar-refractivity contribution in [2.45, 2.75) is 174 Å². The Hall–Kier alpha value is -2.79. The van der Waals surface area contributed by atoms with Gasteiger partial charge in [0, 0.05) is 57.5 Å². The van der Waals surface area contributed by atoms with Crippen LogP contribution in [0, 0.1) is 0 Å². The van der Waals surface area contributed by atoms with Gasteiger partial charge in [0.05, 0.1) is 152 Å². The second kappa shape index (κ2) is 61.3. The molecular formula is C60H110N2O17. The summed E-state index contributed by atoms with van der Waals surface area (Å²) in [7, 11) is 0. The van der Waals surface area contributed by atoms with Crippen molar-refractivity contribution in [3.63, 3.8) is 0 Å². The minimum absolute atomic E-state index is 0.00613. The maximum atomic E-state index is 12.1. The predicted octanol–water partition coefficient (Wildman–Crippen LogP) is 8.53. The minimum atomic E-state index is -0.372. The maximum absolute atomic E-state index is 12.1. The molecule has 462 valence electrons. The fourth-order valence-electron chi connectivity index (χ4n) is 8.24. The molecule has 1 heterocycles. The zero-order valence-electron chi connectivity index (χ0n) is 49.3. The van der Waals surface area contributed by atoms with Crippen molar-refractivity contribution < 1.29 is 80.8 Å². The van der Waals surface area contributed by atoms with Crippen LogP contribution in [0.25, 0.3) is 0 Å². The first-order valence-electron chi connectivity index (χ1n) is 30.6. The molecule has 1 aliphatic rings. The van der Waals surface area contributed by atoms with E-state index in [0.29, 0.717) is 184 Å². The zero-order chi connectivity index (χ0) is 56.8. The molecule has 19 nitrogen and oxygen atoms in total. The molecule has 0 aromatic heterocycles. The molecule has 1 rings (SSSR count). The highest BCUT2D eigenvalue weighted by Gasteiger charge is 2.23. The van der Waals surface area contributed by atoms with Gasteiger partial charge in [0.1, 0.15) is 11.6 Å². The number of unbranched alkanes of at least 4 members (excludes halogenated alkanes) is 20. The quantitative estimate of drug-likeness (QED) is 0.0447. The topological polar surface area (TPSA) is 211 Å². The van der Waals surface area contributed by atoms with Crippen LogP contribution < -0.4 is 5.32 Å². The van der Waals surface area contributed by atoms with Gasteiger partial charge in [-0.15, -0.1) is 0 Å². The van der Waals surface area contributed by atoms with Crippen molar-refractivity contribution in [3.8, 4) is 0 Å². The van der Waals surface area contributed by atoms with E-state index in [1.54, 1.807) is 6.92 Å². The summed E-state index contributed by atoms with van der Waals surface area (Å²) in [6, 6.07) is 0. The Kier molecular flexibility index (Phi) is 57.6. The van der Waals surface area contributed by atoms with Crippen LogP contribution in [0.1, 0.15) is 174 Å². The summed E-state index contributed by atoms with van der Waals surface area (Å²) in [6.45, 7) is 13.6. The highest BCUT2D eigenvalue weighted by atomic mass is 16.6. The summed E-state index contributed by atoms with van der Waals surface area (Å²) in [6.07, 6.45) is 32.3. The lowest BCUT2D eigenvalue weighted by molar-refractivity contribution is -0.137. The molecule has 0 aromatic rings. The van der Waals surface area contributed by atoms with Gasteiger partial charge in [-0.3, -0.25) is 24.1 Å². The fraction of sp³-hybridized carbons (Fsp3) is 0.883. The SMILES string of the molecule is CC(=O)CCCCCCCCCCCCCCCCCCCCCCCNC(=O)CCOCCOCCOCCOCCOCCOCCOCCOCCOCCOCCOCCOCCCC(=O)CCN1C(=O)C=CC1=O. The van der Waals surface area contributed by atoms with E-state index >= 15 is 0 Å². The van der Waals surface area contributed by atoms with Crippen LogP contribution in [0.15, 0.2) is 12.2 Å². The van der Waals surface area contributed by atoms with Gasteiger partial charge < -0.3 is 67.0 Å². The van der Waals surface area contributed by atoms with Crippen molar-refractivity contribution in [2.75, 3.05) is 172 Å². The standard InChI is InChI=1S/C60H110N2O17/c1-56(63)24-21-19-17-15-13-11-9-7-5-3-2-4-6-8-10-12-14-16-18-20-22-30-61-58(65)29-33-69-35-37-71-39-41-73-43-45-75-47-49-77-51-53-79-55-54-78-52-50-76-48-46-74-44-42-72-40-38-70-36-34-68-32-23-25-57(64)28-31-62-59(66)26-27-60(62)67/h26-27H,2-25,28-55H2,1H3,(H,61,65). The molecule has 0 fully saturated rings. The number of amides is 3. The van der Waals surface area contributed by atoms with Crippen molar-refractivity contribution >= 4 is 29.3 Å². The number of imide groups is 1. The van der Waals surface area contributed by atoms with E-state index in [-0.39, 0.29) is 36.5 Å². The van der Waals surface area contributed by atoms with Crippen molar-refractivity contribution in [1.82, 2.24) is 10.2 Å². The first kappa shape index (κ1) is 74.2. The van der Waals surface area contributed by atoms with Crippen molar-refractivity contribution in [3.05, 3.63) is 12.2 Å². The molecule has 0 atom stereocenters. The summed E-state index contributed by atoms with van der Waals surface area (Å²) < 4.78 is 66.2. The Morgan fingerprint density at radius 3 is 0.886 bits per heavy atom. The van der Waals surface area contributed by atoms with E-state index in [4.69, 9.17) is 56.8 Å². The number of ether oxygens (including phenoxy) is 12. The summed E-state index contributed by atoms with van der Waals surface area (Å²) in [4.78, 5) is 59.1. The molecule has 0 radical (unpaired) electrons. The lowest BCUT2D eigenvalue weighted by Gasteiger charge is -2.12. The summed E-state index contributed by atoms with van der Waals surface area (Å²) in [5, 5.41) is 3.01. The van der Waals surface area contributed by atoms with E-state index in [2.05, 4.69) is 5.32 Å². The minimum Gasteiger partial charge on any atom is -0.379 e. The molecule has 0 saturated carbocycles. The molecule has 0 aromatic carbocycles. The van der Waals surface area contributed by atoms with Crippen LogP contribution in [0.4, 0.5) is 0 Å². The van der Waals surface area contributed by atoms with E-state index < -0.39 is 0 Å². The van der Waals surface area contributed by atoms with E-state index in [9.17, 15) is 24.0 Å². The Morgan fingerprint density at radius 2 is 0.582 bits per heavy atom. The van der Waals surface area contributed by atoms with Gasteiger partial charge in [-0.25, -0.2) is 0 Å². The van der Waals surface area contributed by atoms with E-state index in [0.717, 1.165) is 30.7 Å². The highest BCUT2D eigenvalue weighted by molar-refractivity contribution is 6.13. The number of carbonyl (C=O) groups excluding carboxylic acids is 5. The molecule has 0 aliphatic carbocycles. The number of nitrogens with zero attached hydrogens (tertiary/aromatic N) is 1. The zero-order valence-corrected chi connectivity index (χ0v) is 49.3. The summed E-state index contributed by atoms with van der Waals surface area (Å²) in [5.41, 5.74) is 0. The van der Waals surface area contributed by atoms with Gasteiger partial charge in [0.2, 0.25) is 5.91 Å². The second-order valence-electron chi connectivity index (χ2n) is 19.9. The molecule has 19 heteroatoms. The maximum Gasteiger partial charge on any atom is 0.253 e. The Labute approximate surface area is 476 Å². The number of rotatable bonds is 67. The first-order chi connectivity index (χ1) is 38.9. The normalized spacial score (nSPS) is 12.4. The lowest BCUT2D eigenvalue weighted by Crippen LogP contribution is -2.32. The van der Waals surface area contributed by atoms with Crippen molar-refractivity contribution in [1.29, 1.82) is 0 Å². The van der Waals surface area contributed by atoms with Crippen LogP contribution in [0.2, 0.25) is 0 Å². The Bertz CT molecular complexity index is 1410. The number of hydrogen-bond acceptors (Lipinski definition) is 17. The van der Waals surface area contributed by atoms with Gasteiger partial charge >= 0.3 is 0 Å². The van der Waals surface area contributed by atoms with Crippen LogP contribution in [-0.2, 0) is 80.8 Å². The molecule has 0 bridgehead atoms. The van der Waals surface area contributed by atoms with E-state index in [1.807, 2.05) is 0 Å². The smallest absolute Gasteiger partial charge is 0.253 e. The van der Waals surface area contributed by atoms with E-state index in [1.165, 1.54) is 134 Å². The highest BCUT2D eigenvalue weighted by Crippen LogP contribution is 2.15. The van der Waals surface area contributed by atoms with Gasteiger partial charge in [0.25, 0.3) is 11.8 Å². The third kappa shape index (κ3) is 56.8. The van der Waals surface area contributed by atoms with Crippen LogP contribution >= 0.6 is 0 Å². The number of carbonyl (C=O) groups is 5. The molecule has 0 unspecified atom stereocenters. The third-order valence-corrected chi connectivity index (χ3v) is 12.9. The molecule has 1 N–H and O–H groups in total. The number of Topliss-reactive ketones (excluding diaryl/α,β-unsaturated/α-hetero) is 2. The molecule has 1 aliphatic heterocycles. The molecular weight excluding hydrogens is 1020 g/mol. The van der Waals surface area contributed by atoms with Gasteiger partial charge in [-0.1, -0.05) is 122 Å². The summed E-state index contributed by atoms with van der Waals surface area (Å²) >= 11 is 0. The van der Waals surface area contributed by atoms with Gasteiger partial charge in [-0.05, 0) is 26.2 Å². The molecule has 0 spiro atoms. The largest absolute Gasteiger partial charge is 0.379 e. The van der Waals surface area contributed by atoms with Crippen LogP contribution in [0.5, 0.6) is 0 Å². The number of hydrogen-bond donors (Lipinski definition) is 1. The Balaban J connectivity index is 1.63. The second-order valence-corrected chi connectivity index (χ2v) is 19.9. The number of nitrogens with one attached hydrogen (secondary N) is 1. The molecule has 0 saturated heterocycles. The van der Waals surface area contributed by atoms with Crippen LogP contribution in [-0.4, -0.2) is 206 Å². The average molecular weight is 1130 g/mol. The molecule has 3 amide bonds.